The van der Waals surface area contributed by atoms with E-state index in [2.05, 4.69) is 11.1 Å². The molecule has 4 N–H and O–H groups in total. The zero-order valence-electron chi connectivity index (χ0n) is 12.0. The summed E-state index contributed by atoms with van der Waals surface area (Å²) in [5.74, 6) is 0. The first kappa shape index (κ1) is 20.2. The molecule has 0 fully saturated rings. The first-order chi connectivity index (χ1) is 7.99. The van der Waals surface area contributed by atoms with Crippen molar-refractivity contribution in [1.82, 2.24) is 6.15 Å². The van der Waals surface area contributed by atoms with E-state index in [0.717, 1.165) is 12.8 Å². The van der Waals surface area contributed by atoms with E-state index < -0.39 is 16.5 Å². The van der Waals surface area contributed by atoms with Crippen molar-refractivity contribution in [2.45, 2.75) is 77.7 Å². The number of quaternary nitrogens is 1. The lowest BCUT2D eigenvalue weighted by molar-refractivity contribution is 0.162. The van der Waals surface area contributed by atoms with Gasteiger partial charge in [-0.05, 0) is 12.8 Å². The van der Waals surface area contributed by atoms with Gasteiger partial charge < -0.3 is 10.7 Å². The quantitative estimate of drug-likeness (QED) is 0.354. The fourth-order valence-electron chi connectivity index (χ4n) is 1.82. The third kappa shape index (κ3) is 13.9. The zero-order chi connectivity index (χ0) is 13.1. The van der Waals surface area contributed by atoms with Gasteiger partial charge in [-0.25, -0.2) is 8.42 Å². The molecule has 0 radical (unpaired) electrons. The molecule has 0 aliphatic rings. The van der Waals surface area contributed by atoms with Crippen LogP contribution in [0.2, 0.25) is 0 Å². The zero-order valence-corrected chi connectivity index (χ0v) is 12.8. The highest BCUT2D eigenvalue weighted by Gasteiger charge is 2.09. The molecule has 0 saturated heterocycles. The fourth-order valence-corrected chi connectivity index (χ4v) is 2.38. The van der Waals surface area contributed by atoms with Crippen LogP contribution in [0.1, 0.15) is 71.6 Å². The van der Waals surface area contributed by atoms with Crippen molar-refractivity contribution in [3.8, 4) is 0 Å². The van der Waals surface area contributed by atoms with Crippen LogP contribution >= 0.6 is 0 Å². The van der Waals surface area contributed by atoms with Crippen molar-refractivity contribution in [2.24, 2.45) is 0 Å². The summed E-state index contributed by atoms with van der Waals surface area (Å²) >= 11 is 0. The van der Waals surface area contributed by atoms with E-state index in [1.165, 1.54) is 32.1 Å². The molecule has 0 aliphatic carbocycles. The Morgan fingerprint density at radius 1 is 1.00 bits per heavy atom. The summed E-state index contributed by atoms with van der Waals surface area (Å²) < 4.78 is 35.7. The lowest BCUT2D eigenvalue weighted by Crippen LogP contribution is -2.17. The van der Waals surface area contributed by atoms with Crippen LogP contribution < -0.4 is 6.15 Å². The Balaban J connectivity index is 0. The molecule has 0 spiro atoms. The maximum Gasteiger partial charge on any atom is 0.217 e. The number of hydrogen-bond donors (Lipinski definition) is 1. The van der Waals surface area contributed by atoms with E-state index in [4.69, 9.17) is 0 Å². The van der Waals surface area contributed by atoms with Gasteiger partial charge in [-0.2, -0.15) is 0 Å². The van der Waals surface area contributed by atoms with Crippen LogP contribution in [0, 0.1) is 0 Å². The second-order valence-electron chi connectivity index (χ2n) is 4.44. The molecule has 0 aromatic carbocycles. The first-order valence-corrected chi connectivity index (χ1v) is 7.97. The van der Waals surface area contributed by atoms with E-state index in [1.54, 1.807) is 0 Å². The van der Waals surface area contributed by atoms with E-state index >= 15 is 0 Å². The lowest BCUT2D eigenvalue weighted by Gasteiger charge is -2.17. The number of unbranched alkanes of at least 4 members (excludes halogenated alkanes) is 6. The largest absolute Gasteiger partial charge is 0.726 e. The summed E-state index contributed by atoms with van der Waals surface area (Å²) in [6.07, 6.45) is 9.03. The fraction of sp³-hybridized carbons (Fsp3) is 1.00. The van der Waals surface area contributed by atoms with Crippen LogP contribution in [0.5, 0.6) is 0 Å². The molecule has 112 valence electrons. The monoisotopic (exact) mass is 283 g/mol. The molecular weight excluding hydrogens is 254 g/mol. The van der Waals surface area contributed by atoms with Gasteiger partial charge in [0.15, 0.2) is 0 Å². The highest BCUT2D eigenvalue weighted by Crippen LogP contribution is 2.14. The standard InChI is InChI=1S/C12H26O4S.H3N/c1-3-5-6-7-8-9-10-11-12(4-2)16-17(13,14)15;/h12H,3-11H2,1-2H3,(H,13,14,15);1H3. The molecular formula is C12H29NO4S. The lowest BCUT2D eigenvalue weighted by atomic mass is 10.1. The highest BCUT2D eigenvalue weighted by atomic mass is 32.3. The molecule has 18 heavy (non-hydrogen) atoms. The van der Waals surface area contributed by atoms with Crippen LogP contribution in [0.3, 0.4) is 0 Å². The molecule has 0 heterocycles. The molecule has 0 bridgehead atoms. The van der Waals surface area contributed by atoms with Crippen LogP contribution in [0.4, 0.5) is 0 Å². The Kier molecular flexibility index (Phi) is 13.3. The summed E-state index contributed by atoms with van der Waals surface area (Å²) in [7, 11) is -4.54. The van der Waals surface area contributed by atoms with Crippen molar-refractivity contribution in [1.29, 1.82) is 0 Å². The van der Waals surface area contributed by atoms with Gasteiger partial charge in [0, 0.05) is 0 Å². The molecule has 0 saturated carbocycles. The Hall–Kier alpha value is -0.170. The smallest absolute Gasteiger partial charge is 0.217 e. The van der Waals surface area contributed by atoms with Crippen LogP contribution in [-0.2, 0) is 14.6 Å². The third-order valence-corrected chi connectivity index (χ3v) is 3.35. The SMILES string of the molecule is CCCCCCCCCC(CC)OS(=O)(=O)[O-].[NH4+]. The molecule has 0 aromatic heterocycles. The third-order valence-electron chi connectivity index (χ3n) is 2.84. The predicted octanol–water partition coefficient (Wildman–Crippen LogP) is 3.76. The Bertz CT molecular complexity index is 267. The molecule has 1 atom stereocenters. The maximum absolute atomic E-state index is 10.4. The average Bonchev–Trinajstić information content (AvgIpc) is 2.24. The molecule has 0 aliphatic heterocycles. The topological polar surface area (TPSA) is 103 Å². The summed E-state index contributed by atoms with van der Waals surface area (Å²) in [5, 5.41) is 0. The van der Waals surface area contributed by atoms with Gasteiger partial charge in [0.25, 0.3) is 0 Å². The van der Waals surface area contributed by atoms with Gasteiger partial charge in [-0.3, -0.25) is 4.18 Å². The van der Waals surface area contributed by atoms with Gasteiger partial charge in [0.05, 0.1) is 6.10 Å². The van der Waals surface area contributed by atoms with Crippen molar-refractivity contribution in [2.75, 3.05) is 0 Å². The van der Waals surface area contributed by atoms with Gasteiger partial charge in [0.1, 0.15) is 0 Å². The first-order valence-electron chi connectivity index (χ1n) is 6.63. The normalized spacial score (nSPS) is 13.1. The van der Waals surface area contributed by atoms with E-state index in [9.17, 15) is 13.0 Å². The van der Waals surface area contributed by atoms with Crippen molar-refractivity contribution < 1.29 is 17.2 Å². The minimum Gasteiger partial charge on any atom is -0.726 e. The molecule has 1 unspecified atom stereocenters. The summed E-state index contributed by atoms with van der Waals surface area (Å²) in [6, 6.07) is 0. The molecule has 0 aromatic rings. The van der Waals surface area contributed by atoms with E-state index in [1.807, 2.05) is 6.92 Å². The summed E-state index contributed by atoms with van der Waals surface area (Å²) in [4.78, 5) is 0. The molecule has 5 nitrogen and oxygen atoms in total. The van der Waals surface area contributed by atoms with Crippen LogP contribution in [-0.4, -0.2) is 19.1 Å². The second kappa shape index (κ2) is 11.9. The Morgan fingerprint density at radius 3 is 1.94 bits per heavy atom. The highest BCUT2D eigenvalue weighted by molar-refractivity contribution is 7.80. The van der Waals surface area contributed by atoms with Crippen LogP contribution in [0.15, 0.2) is 0 Å². The number of hydrogen-bond acceptors (Lipinski definition) is 4. The van der Waals surface area contributed by atoms with Gasteiger partial charge in [-0.1, -0.05) is 58.8 Å². The van der Waals surface area contributed by atoms with Crippen molar-refractivity contribution in [3.63, 3.8) is 0 Å². The number of rotatable bonds is 11. The maximum atomic E-state index is 10.4. The van der Waals surface area contributed by atoms with Gasteiger partial charge in [0.2, 0.25) is 10.4 Å². The Labute approximate surface area is 112 Å². The van der Waals surface area contributed by atoms with E-state index in [-0.39, 0.29) is 6.15 Å². The minimum absolute atomic E-state index is 0. The van der Waals surface area contributed by atoms with Crippen LogP contribution in [0.25, 0.3) is 0 Å². The average molecular weight is 283 g/mol. The Morgan fingerprint density at radius 2 is 1.50 bits per heavy atom. The van der Waals surface area contributed by atoms with Crippen molar-refractivity contribution >= 4 is 10.4 Å². The van der Waals surface area contributed by atoms with Gasteiger partial charge in [-0.15, -0.1) is 0 Å². The summed E-state index contributed by atoms with van der Waals surface area (Å²) in [5.41, 5.74) is 0. The van der Waals surface area contributed by atoms with Crippen molar-refractivity contribution in [3.05, 3.63) is 0 Å². The predicted molar refractivity (Wildman–Crippen MR) is 73.5 cm³/mol. The minimum atomic E-state index is -4.54. The van der Waals surface area contributed by atoms with Gasteiger partial charge >= 0.3 is 0 Å². The molecule has 6 heteroatoms. The summed E-state index contributed by atoms with van der Waals surface area (Å²) in [6.45, 7) is 4.02. The second-order valence-corrected chi connectivity index (χ2v) is 5.45. The molecule has 0 rings (SSSR count). The molecule has 0 amide bonds. The van der Waals surface area contributed by atoms with E-state index in [0.29, 0.717) is 12.8 Å².